The van der Waals surface area contributed by atoms with Crippen LogP contribution in [0.5, 0.6) is 0 Å². The van der Waals surface area contributed by atoms with Gasteiger partial charge in [0.2, 0.25) is 0 Å². The molecule has 0 atom stereocenters. The van der Waals surface area contributed by atoms with E-state index in [0.717, 1.165) is 0 Å². The molecule has 0 saturated carbocycles. The summed E-state index contributed by atoms with van der Waals surface area (Å²) >= 11 is 0. The molecule has 1 rings (SSSR count). The first-order valence-corrected chi connectivity index (χ1v) is 3.65. The number of Topliss-reactive ketones (excluding diaryl/α,β-unsaturated/α-hetero) is 2. The van der Waals surface area contributed by atoms with Crippen molar-refractivity contribution < 1.29 is 9.59 Å². The molecule has 2 heteroatoms. The van der Waals surface area contributed by atoms with E-state index in [1.807, 2.05) is 0 Å². The second kappa shape index (κ2) is 3.30. The van der Waals surface area contributed by atoms with Gasteiger partial charge < -0.3 is 0 Å². The number of hydrogen-bond donors (Lipinski definition) is 0. The summed E-state index contributed by atoms with van der Waals surface area (Å²) in [6, 6.07) is 7.72. The van der Waals surface area contributed by atoms with Crippen molar-refractivity contribution in [2.75, 3.05) is 0 Å². The number of rotatable bonds is 2. The maximum Gasteiger partial charge on any atom is 0.160 e. The van der Waals surface area contributed by atoms with Gasteiger partial charge in [0.05, 0.1) is 0 Å². The zero-order valence-corrected chi connectivity index (χ0v) is 7.05. The highest BCUT2D eigenvalue weighted by molar-refractivity contribution is 5.99. The Balaban J connectivity index is 3.12. The Bertz CT molecular complexity index is 297. The topological polar surface area (TPSA) is 34.1 Å². The Hall–Kier alpha value is -1.44. The fourth-order valence-electron chi connectivity index (χ4n) is 0.880. The minimum Gasteiger partial charge on any atom is -0.294 e. The van der Waals surface area contributed by atoms with Crippen LogP contribution in [-0.2, 0) is 0 Å². The highest BCUT2D eigenvalue weighted by Crippen LogP contribution is 2.05. The Morgan fingerprint density at radius 3 is 1.83 bits per heavy atom. The molecule has 0 N–H and O–H groups in total. The number of ketones is 2. The van der Waals surface area contributed by atoms with Crippen LogP contribution in [0.25, 0.3) is 0 Å². The summed E-state index contributed by atoms with van der Waals surface area (Å²) in [6.45, 7) is 2.91. The summed E-state index contributed by atoms with van der Waals surface area (Å²) in [5.74, 6) is -0.142. The van der Waals surface area contributed by atoms with Crippen molar-refractivity contribution in [3.63, 3.8) is 0 Å². The SMILES string of the molecule is CC(=O)c1[c]c(C(C)=O)ccc1. The van der Waals surface area contributed by atoms with Crippen LogP contribution in [0, 0.1) is 6.07 Å². The van der Waals surface area contributed by atoms with E-state index in [1.165, 1.54) is 13.8 Å². The van der Waals surface area contributed by atoms with E-state index in [2.05, 4.69) is 6.07 Å². The third-order valence-electron chi connectivity index (χ3n) is 1.55. The quantitative estimate of drug-likeness (QED) is 0.621. The second-order valence-electron chi connectivity index (χ2n) is 2.59. The molecule has 1 radical (unpaired) electrons. The van der Waals surface area contributed by atoms with Gasteiger partial charge >= 0.3 is 0 Å². The normalized spacial score (nSPS) is 9.50. The zero-order chi connectivity index (χ0) is 9.14. The molecule has 1 aromatic carbocycles. The standard InChI is InChI=1S/C10H9O2/c1-7(11)9-4-3-5-10(6-9)8(2)12/h3-5H,1-2H3. The molecule has 1 aromatic rings. The minimum absolute atomic E-state index is 0.0712. The van der Waals surface area contributed by atoms with Gasteiger partial charge in [0.15, 0.2) is 11.6 Å². The van der Waals surface area contributed by atoms with Gasteiger partial charge in [-0.15, -0.1) is 0 Å². The lowest BCUT2D eigenvalue weighted by Crippen LogP contribution is -1.97. The molecule has 2 nitrogen and oxygen atoms in total. The van der Waals surface area contributed by atoms with Gasteiger partial charge in [-0.1, -0.05) is 18.2 Å². The van der Waals surface area contributed by atoms with E-state index >= 15 is 0 Å². The van der Waals surface area contributed by atoms with Crippen LogP contribution >= 0.6 is 0 Å². The molecule has 0 bridgehead atoms. The summed E-state index contributed by atoms with van der Waals surface area (Å²) in [4.78, 5) is 21.8. The van der Waals surface area contributed by atoms with E-state index in [1.54, 1.807) is 18.2 Å². The molecule has 0 fully saturated rings. The Morgan fingerprint density at radius 2 is 1.50 bits per heavy atom. The van der Waals surface area contributed by atoms with Crippen molar-refractivity contribution in [2.24, 2.45) is 0 Å². The zero-order valence-electron chi connectivity index (χ0n) is 7.05. The molecule has 0 heterocycles. The summed E-state index contributed by atoms with van der Waals surface area (Å²) in [5, 5.41) is 0. The predicted octanol–water partition coefficient (Wildman–Crippen LogP) is 1.89. The van der Waals surface area contributed by atoms with Gasteiger partial charge in [0.1, 0.15) is 0 Å². The Labute approximate surface area is 71.2 Å². The van der Waals surface area contributed by atoms with Gasteiger partial charge in [0, 0.05) is 17.2 Å². The second-order valence-corrected chi connectivity index (χ2v) is 2.59. The first-order valence-electron chi connectivity index (χ1n) is 3.65. The van der Waals surface area contributed by atoms with Crippen molar-refractivity contribution in [1.29, 1.82) is 0 Å². The lowest BCUT2D eigenvalue weighted by molar-refractivity contribution is 0.101. The molecular formula is C10H9O2. The molecule has 12 heavy (non-hydrogen) atoms. The minimum atomic E-state index is -0.0712. The fourth-order valence-corrected chi connectivity index (χ4v) is 0.880. The number of hydrogen-bond acceptors (Lipinski definition) is 2. The molecule has 0 aromatic heterocycles. The van der Waals surface area contributed by atoms with E-state index in [4.69, 9.17) is 0 Å². The van der Waals surface area contributed by atoms with Crippen molar-refractivity contribution in [2.45, 2.75) is 13.8 Å². The van der Waals surface area contributed by atoms with Crippen LogP contribution in [0.2, 0.25) is 0 Å². The monoisotopic (exact) mass is 161 g/mol. The third-order valence-corrected chi connectivity index (χ3v) is 1.55. The number of benzene rings is 1. The van der Waals surface area contributed by atoms with Gasteiger partial charge in [-0.05, 0) is 13.8 Å². The number of carbonyl (C=O) groups is 2. The summed E-state index contributed by atoms with van der Waals surface area (Å²) in [6.07, 6.45) is 0. The van der Waals surface area contributed by atoms with Crippen LogP contribution in [0.3, 0.4) is 0 Å². The molecule has 0 spiro atoms. The molecule has 0 unspecified atom stereocenters. The first-order chi connectivity index (χ1) is 5.61. The average molecular weight is 161 g/mol. The van der Waals surface area contributed by atoms with E-state index in [0.29, 0.717) is 11.1 Å². The van der Waals surface area contributed by atoms with Gasteiger partial charge in [-0.25, -0.2) is 0 Å². The van der Waals surface area contributed by atoms with Crippen molar-refractivity contribution in [1.82, 2.24) is 0 Å². The van der Waals surface area contributed by atoms with Crippen molar-refractivity contribution >= 4 is 11.6 Å². The van der Waals surface area contributed by atoms with Gasteiger partial charge in [-0.3, -0.25) is 9.59 Å². The molecule has 0 saturated heterocycles. The van der Waals surface area contributed by atoms with E-state index in [-0.39, 0.29) is 11.6 Å². The van der Waals surface area contributed by atoms with Gasteiger partial charge in [-0.2, -0.15) is 0 Å². The largest absolute Gasteiger partial charge is 0.294 e. The maximum atomic E-state index is 10.9. The summed E-state index contributed by atoms with van der Waals surface area (Å²) in [5.41, 5.74) is 0.922. The molecule has 0 aliphatic carbocycles. The average Bonchev–Trinajstić information content (AvgIpc) is 2.04. The first kappa shape index (κ1) is 8.65. The van der Waals surface area contributed by atoms with Crippen molar-refractivity contribution in [3.8, 4) is 0 Å². The van der Waals surface area contributed by atoms with E-state index < -0.39 is 0 Å². The van der Waals surface area contributed by atoms with Crippen LogP contribution < -0.4 is 0 Å². The van der Waals surface area contributed by atoms with Crippen molar-refractivity contribution in [3.05, 3.63) is 35.4 Å². The summed E-state index contributed by atoms with van der Waals surface area (Å²) in [7, 11) is 0. The lowest BCUT2D eigenvalue weighted by Gasteiger charge is -1.96. The fraction of sp³-hybridized carbons (Fsp3) is 0.200. The van der Waals surface area contributed by atoms with Crippen LogP contribution in [0.4, 0.5) is 0 Å². The van der Waals surface area contributed by atoms with Crippen LogP contribution in [0.1, 0.15) is 34.6 Å². The van der Waals surface area contributed by atoms with Crippen LogP contribution in [-0.4, -0.2) is 11.6 Å². The molecular weight excluding hydrogens is 152 g/mol. The maximum absolute atomic E-state index is 10.9. The Kier molecular flexibility index (Phi) is 2.38. The summed E-state index contributed by atoms with van der Waals surface area (Å²) < 4.78 is 0. The van der Waals surface area contributed by atoms with Gasteiger partial charge in [0.25, 0.3) is 0 Å². The molecule has 0 aliphatic heterocycles. The predicted molar refractivity (Wildman–Crippen MR) is 45.3 cm³/mol. The molecule has 0 amide bonds. The highest BCUT2D eigenvalue weighted by Gasteiger charge is 2.03. The van der Waals surface area contributed by atoms with E-state index in [9.17, 15) is 9.59 Å². The number of carbonyl (C=O) groups excluding carboxylic acids is 2. The highest BCUT2D eigenvalue weighted by atomic mass is 16.1. The Morgan fingerprint density at radius 1 is 1.08 bits per heavy atom. The lowest BCUT2D eigenvalue weighted by atomic mass is 10.1. The third kappa shape index (κ3) is 1.78. The van der Waals surface area contributed by atoms with Crippen LogP contribution in [0.15, 0.2) is 18.2 Å². The molecule has 61 valence electrons. The molecule has 0 aliphatic rings. The smallest absolute Gasteiger partial charge is 0.160 e.